The summed E-state index contributed by atoms with van der Waals surface area (Å²) in [5.74, 6) is -0.180. The minimum atomic E-state index is -0.264. The molecular weight excluding hydrogens is 347 g/mol. The summed E-state index contributed by atoms with van der Waals surface area (Å²) in [6.45, 7) is 1.60. The number of carbonyl (C=O) groups is 1. The van der Waals surface area contributed by atoms with Crippen molar-refractivity contribution in [1.29, 1.82) is 0 Å². The van der Waals surface area contributed by atoms with Gasteiger partial charge in [0.1, 0.15) is 5.82 Å². The molecule has 1 aromatic rings. The van der Waals surface area contributed by atoms with Crippen molar-refractivity contribution in [3.05, 3.63) is 34.1 Å². The van der Waals surface area contributed by atoms with Crippen LogP contribution >= 0.6 is 28.3 Å². The predicted octanol–water partition coefficient (Wildman–Crippen LogP) is 2.81. The van der Waals surface area contributed by atoms with Crippen molar-refractivity contribution >= 4 is 34.2 Å². The smallest absolute Gasteiger partial charge is 0.221 e. The Morgan fingerprint density at radius 1 is 1.50 bits per heavy atom. The van der Waals surface area contributed by atoms with E-state index in [1.807, 2.05) is 0 Å². The lowest BCUT2D eigenvalue weighted by Crippen LogP contribution is -2.32. The van der Waals surface area contributed by atoms with Gasteiger partial charge >= 0.3 is 0 Å². The highest BCUT2D eigenvalue weighted by molar-refractivity contribution is 9.10. The molecule has 0 bridgehead atoms. The van der Waals surface area contributed by atoms with Gasteiger partial charge in [-0.25, -0.2) is 4.39 Å². The highest BCUT2D eigenvalue weighted by atomic mass is 79.9. The first-order chi connectivity index (χ1) is 9.15. The van der Waals surface area contributed by atoms with Crippen LogP contribution in [0, 0.1) is 5.82 Å². The molecule has 0 aliphatic carbocycles. The molecule has 1 aromatic carbocycles. The molecule has 1 saturated heterocycles. The van der Waals surface area contributed by atoms with Crippen molar-refractivity contribution in [2.75, 3.05) is 13.1 Å². The largest absolute Gasteiger partial charge is 0.356 e. The average molecular weight is 366 g/mol. The Bertz CT molecular complexity index is 453. The topological polar surface area (TPSA) is 41.1 Å². The summed E-state index contributed by atoms with van der Waals surface area (Å²) >= 11 is 3.15. The van der Waals surface area contributed by atoms with Crippen LogP contribution in [0.2, 0.25) is 0 Å². The summed E-state index contributed by atoms with van der Waals surface area (Å²) in [5, 5.41) is 6.20. The molecule has 0 spiro atoms. The molecule has 0 saturated carbocycles. The Hall–Kier alpha value is -0.650. The van der Waals surface area contributed by atoms with Crippen molar-refractivity contribution in [2.45, 2.75) is 31.7 Å². The van der Waals surface area contributed by atoms with Gasteiger partial charge in [0, 0.05) is 19.0 Å². The molecule has 1 unspecified atom stereocenters. The third-order valence-corrected chi connectivity index (χ3v) is 3.92. The Labute approximate surface area is 133 Å². The van der Waals surface area contributed by atoms with E-state index in [0.29, 0.717) is 29.9 Å². The van der Waals surface area contributed by atoms with E-state index in [4.69, 9.17) is 0 Å². The van der Waals surface area contributed by atoms with Gasteiger partial charge in [0.05, 0.1) is 4.47 Å². The number of amides is 1. The number of hydrogen-bond acceptors (Lipinski definition) is 2. The first kappa shape index (κ1) is 17.4. The standard InChI is InChI=1S/C14H18BrFN2O.ClH/c15-12-8-10(3-4-13(12)16)5-7-18-14(19)9-11-2-1-6-17-11;/h3-4,8,11,17H,1-2,5-7,9H2,(H,18,19);1H. The molecule has 1 heterocycles. The number of benzene rings is 1. The molecule has 3 nitrogen and oxygen atoms in total. The van der Waals surface area contributed by atoms with Crippen LogP contribution in [0.3, 0.4) is 0 Å². The van der Waals surface area contributed by atoms with Crippen LogP contribution in [0.1, 0.15) is 24.8 Å². The van der Waals surface area contributed by atoms with Gasteiger partial charge in [0.15, 0.2) is 0 Å². The molecule has 0 radical (unpaired) electrons. The monoisotopic (exact) mass is 364 g/mol. The highest BCUT2D eigenvalue weighted by Gasteiger charge is 2.17. The first-order valence-electron chi connectivity index (χ1n) is 6.59. The lowest BCUT2D eigenvalue weighted by Gasteiger charge is -2.10. The van der Waals surface area contributed by atoms with Gasteiger partial charge in [-0.15, -0.1) is 12.4 Å². The summed E-state index contributed by atoms with van der Waals surface area (Å²) in [5.41, 5.74) is 1.01. The second-order valence-corrected chi connectivity index (χ2v) is 5.70. The summed E-state index contributed by atoms with van der Waals surface area (Å²) in [4.78, 5) is 11.7. The summed E-state index contributed by atoms with van der Waals surface area (Å²) in [7, 11) is 0. The molecule has 1 aliphatic rings. The van der Waals surface area contributed by atoms with Crippen LogP contribution in [0.5, 0.6) is 0 Å². The number of halogens is 3. The van der Waals surface area contributed by atoms with Crippen LogP contribution in [0.25, 0.3) is 0 Å². The van der Waals surface area contributed by atoms with E-state index in [-0.39, 0.29) is 24.1 Å². The molecule has 1 aliphatic heterocycles. The molecular formula is C14H19BrClFN2O. The average Bonchev–Trinajstić information content (AvgIpc) is 2.86. The lowest BCUT2D eigenvalue weighted by atomic mass is 10.1. The minimum absolute atomic E-state index is 0. The van der Waals surface area contributed by atoms with Crippen LogP contribution in [0.4, 0.5) is 4.39 Å². The Kier molecular flexibility index (Phi) is 7.48. The second-order valence-electron chi connectivity index (χ2n) is 4.85. The van der Waals surface area contributed by atoms with Crippen molar-refractivity contribution in [3.63, 3.8) is 0 Å². The number of carbonyl (C=O) groups excluding carboxylic acids is 1. The Morgan fingerprint density at radius 3 is 2.95 bits per heavy atom. The van der Waals surface area contributed by atoms with E-state index in [1.54, 1.807) is 12.1 Å². The van der Waals surface area contributed by atoms with Gasteiger partial charge in [-0.3, -0.25) is 4.79 Å². The van der Waals surface area contributed by atoms with Crippen molar-refractivity contribution in [1.82, 2.24) is 10.6 Å². The van der Waals surface area contributed by atoms with Gasteiger partial charge in [-0.2, -0.15) is 0 Å². The second kappa shape index (κ2) is 8.60. The van der Waals surface area contributed by atoms with Gasteiger partial charge in [-0.1, -0.05) is 6.07 Å². The normalized spacial score (nSPS) is 17.6. The van der Waals surface area contributed by atoms with E-state index in [2.05, 4.69) is 26.6 Å². The van der Waals surface area contributed by atoms with Crippen LogP contribution in [-0.4, -0.2) is 25.0 Å². The maximum Gasteiger partial charge on any atom is 0.221 e. The minimum Gasteiger partial charge on any atom is -0.356 e. The molecule has 1 fully saturated rings. The van der Waals surface area contributed by atoms with E-state index in [0.717, 1.165) is 24.9 Å². The fourth-order valence-corrected chi connectivity index (χ4v) is 2.69. The lowest BCUT2D eigenvalue weighted by molar-refractivity contribution is -0.121. The van der Waals surface area contributed by atoms with Gasteiger partial charge in [0.25, 0.3) is 0 Å². The number of hydrogen-bond donors (Lipinski definition) is 2. The zero-order valence-electron chi connectivity index (χ0n) is 11.1. The van der Waals surface area contributed by atoms with Crippen LogP contribution < -0.4 is 10.6 Å². The molecule has 6 heteroatoms. The predicted molar refractivity (Wildman–Crippen MR) is 83.7 cm³/mol. The fourth-order valence-electron chi connectivity index (χ4n) is 2.27. The van der Waals surface area contributed by atoms with Crippen LogP contribution in [-0.2, 0) is 11.2 Å². The third-order valence-electron chi connectivity index (χ3n) is 3.31. The molecule has 1 amide bonds. The maximum atomic E-state index is 13.1. The van der Waals surface area contributed by atoms with E-state index >= 15 is 0 Å². The number of rotatable bonds is 5. The molecule has 0 aromatic heterocycles. The van der Waals surface area contributed by atoms with Crippen LogP contribution in [0.15, 0.2) is 22.7 Å². The molecule has 2 rings (SSSR count). The summed E-state index contributed by atoms with van der Waals surface area (Å²) < 4.78 is 13.5. The van der Waals surface area contributed by atoms with Gasteiger partial charge < -0.3 is 10.6 Å². The zero-order chi connectivity index (χ0) is 13.7. The van der Waals surface area contributed by atoms with Crippen molar-refractivity contribution < 1.29 is 9.18 Å². The fraction of sp³-hybridized carbons (Fsp3) is 0.500. The Balaban J connectivity index is 0.00000200. The third kappa shape index (κ3) is 5.38. The molecule has 112 valence electrons. The first-order valence-corrected chi connectivity index (χ1v) is 7.38. The van der Waals surface area contributed by atoms with Gasteiger partial charge in [-0.05, 0) is 59.4 Å². The summed E-state index contributed by atoms with van der Waals surface area (Å²) in [6, 6.07) is 5.26. The molecule has 20 heavy (non-hydrogen) atoms. The van der Waals surface area contributed by atoms with Gasteiger partial charge in [0.2, 0.25) is 5.91 Å². The van der Waals surface area contributed by atoms with E-state index in [1.165, 1.54) is 6.07 Å². The zero-order valence-corrected chi connectivity index (χ0v) is 13.5. The van der Waals surface area contributed by atoms with E-state index < -0.39 is 0 Å². The molecule has 2 N–H and O–H groups in total. The quantitative estimate of drug-likeness (QED) is 0.842. The van der Waals surface area contributed by atoms with E-state index in [9.17, 15) is 9.18 Å². The Morgan fingerprint density at radius 2 is 2.30 bits per heavy atom. The SMILES string of the molecule is Cl.O=C(CC1CCCN1)NCCc1ccc(F)c(Br)c1. The van der Waals surface area contributed by atoms with Crippen molar-refractivity contribution in [3.8, 4) is 0 Å². The number of nitrogens with one attached hydrogen (secondary N) is 2. The summed E-state index contributed by atoms with van der Waals surface area (Å²) in [6.07, 6.45) is 3.50. The van der Waals surface area contributed by atoms with Crippen molar-refractivity contribution in [2.24, 2.45) is 0 Å². The molecule has 1 atom stereocenters. The maximum absolute atomic E-state index is 13.1. The highest BCUT2D eigenvalue weighted by Crippen LogP contribution is 2.17.